The number of ether oxygens (including phenoxy) is 1. The summed E-state index contributed by atoms with van der Waals surface area (Å²) in [5, 5.41) is 11.9. The third kappa shape index (κ3) is 7.20. The van der Waals surface area contributed by atoms with Gasteiger partial charge in [-0.2, -0.15) is 10.1 Å². The third-order valence-electron chi connectivity index (χ3n) is 9.59. The Morgan fingerprint density at radius 3 is 2.38 bits per heavy atom. The van der Waals surface area contributed by atoms with Crippen molar-refractivity contribution < 1.29 is 9.30 Å². The van der Waals surface area contributed by atoms with E-state index in [0.29, 0.717) is 50.1 Å². The number of methoxy groups -OCH3 is 1. The molecule has 2 aliphatic rings. The van der Waals surface area contributed by atoms with Crippen molar-refractivity contribution in [1.29, 1.82) is 0 Å². The van der Waals surface area contributed by atoms with E-state index in [1.165, 1.54) is 0 Å². The molecule has 5 aromatic rings. The molecule has 0 spiro atoms. The van der Waals surface area contributed by atoms with Gasteiger partial charge in [-0.1, -0.05) is 0 Å². The Morgan fingerprint density at radius 1 is 0.920 bits per heavy atom. The summed E-state index contributed by atoms with van der Waals surface area (Å²) in [5.74, 6) is 1.56. The molecule has 262 valence electrons. The topological polar surface area (TPSA) is 129 Å². The van der Waals surface area contributed by atoms with Crippen LogP contribution in [-0.4, -0.2) is 112 Å². The highest BCUT2D eigenvalue weighted by molar-refractivity contribution is 9.10. The first-order valence-corrected chi connectivity index (χ1v) is 20.2. The lowest BCUT2D eigenvalue weighted by molar-refractivity contribution is 0.0982. The smallest absolute Gasteiger partial charge is 0.229 e. The van der Waals surface area contributed by atoms with E-state index in [-0.39, 0.29) is 0 Å². The van der Waals surface area contributed by atoms with Gasteiger partial charge in [0.1, 0.15) is 24.2 Å². The minimum atomic E-state index is -2.76. The normalized spacial score (nSPS) is 16.6. The van der Waals surface area contributed by atoms with Gasteiger partial charge in [-0.3, -0.25) is 19.5 Å². The fourth-order valence-electron chi connectivity index (χ4n) is 6.98. The molecule has 0 atom stereocenters. The lowest BCUT2D eigenvalue weighted by Crippen LogP contribution is -2.52. The van der Waals surface area contributed by atoms with Crippen molar-refractivity contribution >= 4 is 68.2 Å². The number of aryl methyl sites for hydroxylation is 1. The first-order valence-electron chi connectivity index (χ1n) is 16.8. The molecule has 2 aromatic carbocycles. The molecule has 2 fully saturated rings. The molecule has 0 aliphatic carbocycles. The summed E-state index contributed by atoms with van der Waals surface area (Å²) < 4.78 is 21.9. The van der Waals surface area contributed by atoms with Crippen LogP contribution in [0.3, 0.4) is 0 Å². The second kappa shape index (κ2) is 14.3. The Balaban J connectivity index is 1.18. The van der Waals surface area contributed by atoms with Gasteiger partial charge in [-0.25, -0.2) is 4.98 Å². The van der Waals surface area contributed by atoms with Crippen LogP contribution in [0.2, 0.25) is 0 Å². The van der Waals surface area contributed by atoms with Crippen LogP contribution in [-0.2, 0) is 11.6 Å². The maximum absolute atomic E-state index is 13.5. The van der Waals surface area contributed by atoms with Crippen molar-refractivity contribution in [2.75, 3.05) is 82.3 Å². The standard InChI is InChI=1S/C35H43BrN11O2P/c1-44-14-16-46(17-15-44)24-8-12-47(13-9-24)30-19-31(49-3)29(18-25(30)23-20-40-45(2)22-23)42-35-39-21-26(36)34(43-35)41-28-7-6-27-32(38-11-10-37-27)33(28)50(4,5)48/h6-7,10-11,18-22,24H,8-9,12-17H2,1-5H3,(H2,39,41,42,43). The van der Waals surface area contributed by atoms with Crippen LogP contribution in [0.4, 0.5) is 28.8 Å². The number of benzene rings is 2. The molecule has 2 aliphatic heterocycles. The number of nitrogens with one attached hydrogen (secondary N) is 2. The van der Waals surface area contributed by atoms with E-state index in [2.05, 4.69) is 80.5 Å². The van der Waals surface area contributed by atoms with Crippen molar-refractivity contribution in [3.05, 3.63) is 59.7 Å². The summed E-state index contributed by atoms with van der Waals surface area (Å²) in [6, 6.07) is 8.55. The molecule has 0 amide bonds. The van der Waals surface area contributed by atoms with E-state index in [0.717, 1.165) is 74.6 Å². The number of likely N-dealkylation sites (N-methyl/N-ethyl adjacent to an activating group) is 1. The summed E-state index contributed by atoms with van der Waals surface area (Å²) in [4.78, 5) is 25.9. The maximum atomic E-state index is 13.5. The number of anilines is 5. The zero-order valence-corrected chi connectivity index (χ0v) is 31.6. The number of piperazine rings is 1. The van der Waals surface area contributed by atoms with Gasteiger partial charge in [-0.05, 0) is 67.3 Å². The molecule has 0 bridgehead atoms. The van der Waals surface area contributed by atoms with E-state index in [4.69, 9.17) is 9.72 Å². The highest BCUT2D eigenvalue weighted by Gasteiger charge is 2.29. The molecule has 3 aromatic heterocycles. The van der Waals surface area contributed by atoms with E-state index in [1.807, 2.05) is 36.3 Å². The van der Waals surface area contributed by atoms with Gasteiger partial charge in [0.2, 0.25) is 5.95 Å². The van der Waals surface area contributed by atoms with Crippen molar-refractivity contribution in [1.82, 2.24) is 39.5 Å². The number of rotatable bonds is 9. The number of nitrogens with zero attached hydrogens (tertiary/aromatic N) is 9. The summed E-state index contributed by atoms with van der Waals surface area (Å²) in [6.45, 7) is 9.95. The van der Waals surface area contributed by atoms with Gasteiger partial charge in [-0.15, -0.1) is 0 Å². The molecule has 7 rings (SSSR count). The molecule has 0 radical (unpaired) electrons. The van der Waals surface area contributed by atoms with Gasteiger partial charge < -0.3 is 29.7 Å². The van der Waals surface area contributed by atoms with Gasteiger partial charge >= 0.3 is 0 Å². The fourth-order valence-corrected chi connectivity index (χ4v) is 8.66. The zero-order chi connectivity index (χ0) is 35.0. The van der Waals surface area contributed by atoms with Crippen LogP contribution in [0.25, 0.3) is 22.2 Å². The van der Waals surface area contributed by atoms with E-state index >= 15 is 0 Å². The number of aromatic nitrogens is 6. The van der Waals surface area contributed by atoms with Crippen LogP contribution in [0.1, 0.15) is 12.8 Å². The second-order valence-corrected chi connectivity index (χ2v) is 17.4. The number of hydrogen-bond donors (Lipinski definition) is 2. The predicted octanol–water partition coefficient (Wildman–Crippen LogP) is 5.54. The highest BCUT2D eigenvalue weighted by Crippen LogP contribution is 2.43. The monoisotopic (exact) mass is 759 g/mol. The van der Waals surface area contributed by atoms with Gasteiger partial charge in [0.25, 0.3) is 0 Å². The largest absolute Gasteiger partial charge is 0.494 e. The van der Waals surface area contributed by atoms with Crippen LogP contribution in [0.15, 0.2) is 59.7 Å². The molecule has 50 heavy (non-hydrogen) atoms. The maximum Gasteiger partial charge on any atom is 0.229 e. The minimum Gasteiger partial charge on any atom is -0.494 e. The summed E-state index contributed by atoms with van der Waals surface area (Å²) in [5.41, 5.74) is 5.85. The second-order valence-electron chi connectivity index (χ2n) is 13.4. The van der Waals surface area contributed by atoms with Gasteiger partial charge in [0.05, 0.1) is 40.0 Å². The summed E-state index contributed by atoms with van der Waals surface area (Å²) in [7, 11) is 3.06. The van der Waals surface area contributed by atoms with Crippen LogP contribution in [0, 0.1) is 0 Å². The molecule has 13 nitrogen and oxygen atoms in total. The summed E-state index contributed by atoms with van der Waals surface area (Å²) in [6.07, 6.45) is 11.1. The molecule has 5 heterocycles. The number of halogens is 1. The molecular weight excluding hydrogens is 717 g/mol. The lowest BCUT2D eigenvalue weighted by atomic mass is 9.98. The third-order valence-corrected chi connectivity index (χ3v) is 11.7. The number of fused-ring (bicyclic) bond motifs is 1. The van der Waals surface area contributed by atoms with Crippen molar-refractivity contribution in [2.24, 2.45) is 7.05 Å². The number of piperidine rings is 1. The first kappa shape index (κ1) is 34.4. The van der Waals surface area contributed by atoms with E-state index in [9.17, 15) is 4.57 Å². The SMILES string of the molecule is COc1cc(N2CCC(N3CCN(C)CC3)CC2)c(-c2cnn(C)c2)cc1Nc1ncc(Br)c(Nc2ccc3nccnc3c2P(C)(C)=O)n1. The Hall–Kier alpha value is -4.10. The molecular formula is C35H43BrN11O2P. The Labute approximate surface area is 301 Å². The molecule has 15 heteroatoms. The average molecular weight is 761 g/mol. The summed E-state index contributed by atoms with van der Waals surface area (Å²) >= 11 is 3.60. The Morgan fingerprint density at radius 2 is 1.68 bits per heavy atom. The Bertz CT molecular complexity index is 2050. The Kier molecular flexibility index (Phi) is 9.80. The average Bonchev–Trinajstić information content (AvgIpc) is 3.55. The molecule has 0 unspecified atom stereocenters. The van der Waals surface area contributed by atoms with Gasteiger partial charge in [0.15, 0.2) is 0 Å². The lowest BCUT2D eigenvalue weighted by Gasteiger charge is -2.43. The van der Waals surface area contributed by atoms with Crippen molar-refractivity contribution in [3.63, 3.8) is 0 Å². The van der Waals surface area contributed by atoms with E-state index < -0.39 is 7.14 Å². The fraction of sp³-hybridized carbons (Fsp3) is 0.400. The molecule has 2 saturated heterocycles. The van der Waals surface area contributed by atoms with E-state index in [1.54, 1.807) is 39.0 Å². The zero-order valence-electron chi connectivity index (χ0n) is 29.1. The molecule has 2 N–H and O–H groups in total. The van der Waals surface area contributed by atoms with Gasteiger partial charge in [0, 0.05) is 100 Å². The predicted molar refractivity (Wildman–Crippen MR) is 204 cm³/mol. The van der Waals surface area contributed by atoms with Crippen LogP contribution >= 0.6 is 23.1 Å². The van der Waals surface area contributed by atoms with Crippen LogP contribution < -0.4 is 25.6 Å². The quantitative estimate of drug-likeness (QED) is 0.183. The highest BCUT2D eigenvalue weighted by atomic mass is 79.9. The minimum absolute atomic E-state index is 0.366. The number of hydrogen-bond acceptors (Lipinski definition) is 12. The molecule has 0 saturated carbocycles. The van der Waals surface area contributed by atoms with Crippen LogP contribution in [0.5, 0.6) is 5.75 Å². The first-order chi connectivity index (χ1) is 24.1. The van der Waals surface area contributed by atoms with Crippen molar-refractivity contribution in [3.8, 4) is 16.9 Å². The van der Waals surface area contributed by atoms with Crippen molar-refractivity contribution in [2.45, 2.75) is 18.9 Å².